The average Bonchev–Trinajstić information content (AvgIpc) is 2.97. The Morgan fingerprint density at radius 3 is 2.56 bits per heavy atom. The number of nitrogens with one attached hydrogen (secondary N) is 1. The zero-order valence-corrected chi connectivity index (χ0v) is 10.3. The second-order valence-electron chi connectivity index (χ2n) is 4.46. The molecule has 1 saturated carbocycles. The van der Waals surface area contributed by atoms with Gasteiger partial charge in [-0.25, -0.2) is 13.1 Å². The molecular weight excluding hydrogens is 230 g/mol. The van der Waals surface area contributed by atoms with Crippen molar-refractivity contribution in [1.82, 2.24) is 4.72 Å². The predicted octanol–water partition coefficient (Wildman–Crippen LogP) is 0.959. The maximum Gasteiger partial charge on any atom is 0.303 e. The minimum Gasteiger partial charge on any atom is -0.481 e. The molecule has 0 amide bonds. The first kappa shape index (κ1) is 13.4. The lowest BCUT2D eigenvalue weighted by Gasteiger charge is -2.10. The molecule has 94 valence electrons. The summed E-state index contributed by atoms with van der Waals surface area (Å²) in [6, 6.07) is 0. The summed E-state index contributed by atoms with van der Waals surface area (Å²) in [5.41, 5.74) is 0. The molecule has 0 spiro atoms. The maximum atomic E-state index is 11.4. The fourth-order valence-electron chi connectivity index (χ4n) is 1.46. The van der Waals surface area contributed by atoms with Crippen LogP contribution in [0.1, 0.15) is 39.0 Å². The molecule has 1 rings (SSSR count). The van der Waals surface area contributed by atoms with Crippen molar-refractivity contribution in [1.29, 1.82) is 0 Å². The van der Waals surface area contributed by atoms with Crippen LogP contribution in [0.3, 0.4) is 0 Å². The largest absolute Gasteiger partial charge is 0.481 e. The lowest BCUT2D eigenvalue weighted by Crippen LogP contribution is -2.29. The van der Waals surface area contributed by atoms with Gasteiger partial charge in [-0.1, -0.05) is 6.92 Å². The predicted molar refractivity (Wildman–Crippen MR) is 60.6 cm³/mol. The first-order chi connectivity index (χ1) is 7.42. The standard InChI is InChI=1S/C10H19NO4S/c1-8(2-5-10(12)13)6-7-11-16(14,15)9-3-4-9/h8-9,11H,2-7H2,1H3,(H,12,13). The van der Waals surface area contributed by atoms with E-state index < -0.39 is 16.0 Å². The van der Waals surface area contributed by atoms with Gasteiger partial charge in [0.15, 0.2) is 0 Å². The Morgan fingerprint density at radius 2 is 2.06 bits per heavy atom. The van der Waals surface area contributed by atoms with Crippen molar-refractivity contribution in [3.05, 3.63) is 0 Å². The van der Waals surface area contributed by atoms with Crippen LogP contribution in [0.2, 0.25) is 0 Å². The lowest BCUT2D eigenvalue weighted by molar-refractivity contribution is -0.137. The fraction of sp³-hybridized carbons (Fsp3) is 0.900. The summed E-state index contributed by atoms with van der Waals surface area (Å²) >= 11 is 0. The molecule has 0 radical (unpaired) electrons. The number of carboxylic acid groups (broad SMARTS) is 1. The smallest absolute Gasteiger partial charge is 0.303 e. The van der Waals surface area contributed by atoms with Gasteiger partial charge in [0.1, 0.15) is 0 Å². The molecule has 0 bridgehead atoms. The molecule has 0 saturated heterocycles. The van der Waals surface area contributed by atoms with E-state index in [1.54, 1.807) is 0 Å². The molecule has 0 aliphatic heterocycles. The van der Waals surface area contributed by atoms with Gasteiger partial charge in [0.2, 0.25) is 10.0 Å². The van der Waals surface area contributed by atoms with Crippen LogP contribution in [-0.2, 0) is 14.8 Å². The molecule has 0 aromatic carbocycles. The van der Waals surface area contributed by atoms with Crippen LogP contribution in [0.15, 0.2) is 0 Å². The highest BCUT2D eigenvalue weighted by Gasteiger charge is 2.35. The number of sulfonamides is 1. The first-order valence-corrected chi connectivity index (χ1v) is 7.16. The van der Waals surface area contributed by atoms with Crippen LogP contribution in [0.5, 0.6) is 0 Å². The van der Waals surface area contributed by atoms with E-state index in [1.807, 2.05) is 6.92 Å². The SMILES string of the molecule is CC(CCNS(=O)(=O)C1CC1)CCC(=O)O. The summed E-state index contributed by atoms with van der Waals surface area (Å²) < 4.78 is 25.4. The van der Waals surface area contributed by atoms with Crippen LogP contribution < -0.4 is 4.72 Å². The first-order valence-electron chi connectivity index (χ1n) is 5.62. The van der Waals surface area contributed by atoms with Crippen molar-refractivity contribution < 1.29 is 18.3 Å². The summed E-state index contributed by atoms with van der Waals surface area (Å²) in [7, 11) is -3.08. The van der Waals surface area contributed by atoms with Gasteiger partial charge >= 0.3 is 5.97 Å². The van der Waals surface area contributed by atoms with E-state index in [2.05, 4.69) is 4.72 Å². The Hall–Kier alpha value is -0.620. The van der Waals surface area contributed by atoms with Gasteiger partial charge in [0, 0.05) is 13.0 Å². The molecule has 1 aliphatic carbocycles. The van der Waals surface area contributed by atoms with Gasteiger partial charge in [-0.2, -0.15) is 0 Å². The van der Waals surface area contributed by atoms with E-state index in [-0.39, 0.29) is 17.6 Å². The van der Waals surface area contributed by atoms with Crippen LogP contribution in [0.4, 0.5) is 0 Å². The third-order valence-corrected chi connectivity index (χ3v) is 4.71. The van der Waals surface area contributed by atoms with Gasteiger partial charge in [0.25, 0.3) is 0 Å². The molecule has 0 aromatic heterocycles. The van der Waals surface area contributed by atoms with Gasteiger partial charge in [-0.3, -0.25) is 4.79 Å². The molecule has 1 atom stereocenters. The summed E-state index contributed by atoms with van der Waals surface area (Å²) in [6.45, 7) is 2.36. The summed E-state index contributed by atoms with van der Waals surface area (Å²) in [5, 5.41) is 8.31. The van der Waals surface area contributed by atoms with E-state index in [1.165, 1.54) is 0 Å². The van der Waals surface area contributed by atoms with Gasteiger partial charge in [0.05, 0.1) is 5.25 Å². The normalized spacial score (nSPS) is 18.3. The van der Waals surface area contributed by atoms with Gasteiger partial charge < -0.3 is 5.11 Å². The van der Waals surface area contributed by atoms with E-state index in [0.717, 1.165) is 12.8 Å². The van der Waals surface area contributed by atoms with Crippen LogP contribution >= 0.6 is 0 Å². The molecule has 6 heteroatoms. The average molecular weight is 249 g/mol. The Kier molecular flexibility index (Phi) is 4.73. The molecule has 16 heavy (non-hydrogen) atoms. The van der Waals surface area contributed by atoms with E-state index in [0.29, 0.717) is 19.4 Å². The van der Waals surface area contributed by atoms with Crippen LogP contribution in [0, 0.1) is 5.92 Å². The molecule has 1 aliphatic rings. The van der Waals surface area contributed by atoms with Crippen LogP contribution in [0.25, 0.3) is 0 Å². The van der Waals surface area contributed by atoms with Crippen molar-refractivity contribution in [3.63, 3.8) is 0 Å². The molecule has 0 heterocycles. The maximum absolute atomic E-state index is 11.4. The zero-order valence-electron chi connectivity index (χ0n) is 9.48. The van der Waals surface area contributed by atoms with Gasteiger partial charge in [-0.15, -0.1) is 0 Å². The quantitative estimate of drug-likeness (QED) is 0.671. The number of hydrogen-bond donors (Lipinski definition) is 2. The van der Waals surface area contributed by atoms with Gasteiger partial charge in [-0.05, 0) is 31.6 Å². The van der Waals surface area contributed by atoms with E-state index >= 15 is 0 Å². The Balaban J connectivity index is 2.12. The Bertz CT molecular complexity index is 335. The van der Waals surface area contributed by atoms with Crippen molar-refractivity contribution in [3.8, 4) is 0 Å². The number of rotatable bonds is 8. The molecular formula is C10H19NO4S. The van der Waals surface area contributed by atoms with E-state index in [9.17, 15) is 13.2 Å². The monoisotopic (exact) mass is 249 g/mol. The Labute approximate surface area is 96.3 Å². The fourth-order valence-corrected chi connectivity index (χ4v) is 2.85. The van der Waals surface area contributed by atoms with Crippen molar-refractivity contribution in [2.75, 3.05) is 6.54 Å². The second-order valence-corrected chi connectivity index (χ2v) is 6.51. The Morgan fingerprint density at radius 1 is 1.44 bits per heavy atom. The summed E-state index contributed by atoms with van der Waals surface area (Å²) in [5.74, 6) is -0.566. The van der Waals surface area contributed by atoms with Crippen LogP contribution in [-0.4, -0.2) is 31.3 Å². The lowest BCUT2D eigenvalue weighted by atomic mass is 10.0. The van der Waals surface area contributed by atoms with Crippen molar-refractivity contribution >= 4 is 16.0 Å². The number of hydrogen-bond acceptors (Lipinski definition) is 3. The molecule has 5 nitrogen and oxygen atoms in total. The third-order valence-electron chi connectivity index (χ3n) is 2.75. The van der Waals surface area contributed by atoms with E-state index in [4.69, 9.17) is 5.11 Å². The number of aliphatic carboxylic acids is 1. The highest BCUT2D eigenvalue weighted by Crippen LogP contribution is 2.27. The minimum atomic E-state index is -3.08. The highest BCUT2D eigenvalue weighted by molar-refractivity contribution is 7.90. The van der Waals surface area contributed by atoms with Crippen molar-refractivity contribution in [2.45, 2.75) is 44.3 Å². The van der Waals surface area contributed by atoms with Crippen molar-refractivity contribution in [2.24, 2.45) is 5.92 Å². The summed E-state index contributed by atoms with van der Waals surface area (Å²) in [6.07, 6.45) is 2.98. The minimum absolute atomic E-state index is 0.149. The second kappa shape index (κ2) is 5.63. The molecule has 1 fully saturated rings. The highest BCUT2D eigenvalue weighted by atomic mass is 32.2. The summed E-state index contributed by atoms with van der Waals surface area (Å²) in [4.78, 5) is 10.3. The number of carbonyl (C=O) groups is 1. The molecule has 0 aromatic rings. The number of carboxylic acids is 1. The topological polar surface area (TPSA) is 83.5 Å². The molecule has 2 N–H and O–H groups in total. The molecule has 1 unspecified atom stereocenters. The zero-order chi connectivity index (χ0) is 12.2. The third kappa shape index (κ3) is 4.94.